The summed E-state index contributed by atoms with van der Waals surface area (Å²) < 4.78 is 0. The van der Waals surface area contributed by atoms with Gasteiger partial charge in [-0.25, -0.2) is 0 Å². The fraction of sp³-hybridized carbons (Fsp3) is 0.231. The minimum Gasteiger partial charge on any atom is -0.392 e. The van der Waals surface area contributed by atoms with Crippen molar-refractivity contribution >= 4 is 17.5 Å². The third-order valence-corrected chi connectivity index (χ3v) is 2.60. The highest BCUT2D eigenvalue weighted by atomic mass is 32.2. The SMILES string of the molecule is C=C/C=C\N=C(/CSC)c1ccc(CO)cn1. The predicted molar refractivity (Wildman–Crippen MR) is 74.4 cm³/mol. The Hall–Kier alpha value is -1.39. The van der Waals surface area contributed by atoms with Crippen molar-refractivity contribution in [3.05, 3.63) is 54.5 Å². The molecule has 0 bridgehead atoms. The maximum atomic E-state index is 8.95. The van der Waals surface area contributed by atoms with Gasteiger partial charge in [-0.15, -0.1) is 0 Å². The molecule has 0 aliphatic carbocycles. The number of allylic oxidation sites excluding steroid dienone is 2. The molecule has 0 unspecified atom stereocenters. The summed E-state index contributed by atoms with van der Waals surface area (Å²) >= 11 is 1.69. The maximum absolute atomic E-state index is 8.95. The van der Waals surface area contributed by atoms with E-state index < -0.39 is 0 Å². The standard InChI is InChI=1S/C13H16N2OS/c1-3-4-7-14-13(10-17-2)12-6-5-11(9-16)8-15-12/h3-8,16H,1,9-10H2,2H3/b7-4-,14-13+. The number of rotatable bonds is 6. The molecule has 0 atom stereocenters. The second-order valence-corrected chi connectivity index (χ2v) is 4.16. The Morgan fingerprint density at radius 3 is 2.94 bits per heavy atom. The van der Waals surface area contributed by atoms with Crippen LogP contribution >= 0.6 is 11.8 Å². The molecule has 0 aromatic carbocycles. The van der Waals surface area contributed by atoms with Crippen LogP contribution in [0.1, 0.15) is 11.3 Å². The zero-order valence-electron chi connectivity index (χ0n) is 9.84. The van der Waals surface area contributed by atoms with Gasteiger partial charge in [0.2, 0.25) is 0 Å². The topological polar surface area (TPSA) is 45.5 Å². The number of aliphatic imine (C=N–C) groups is 1. The second kappa shape index (κ2) is 7.81. The smallest absolute Gasteiger partial charge is 0.0853 e. The van der Waals surface area contributed by atoms with Gasteiger partial charge in [0.1, 0.15) is 0 Å². The van der Waals surface area contributed by atoms with Crippen LogP contribution in [0.5, 0.6) is 0 Å². The molecule has 0 amide bonds. The molecule has 1 rings (SSSR count). The summed E-state index contributed by atoms with van der Waals surface area (Å²) in [5, 5.41) is 8.95. The molecule has 0 saturated heterocycles. The van der Waals surface area contributed by atoms with Gasteiger partial charge in [0.05, 0.1) is 18.0 Å². The largest absolute Gasteiger partial charge is 0.392 e. The third kappa shape index (κ3) is 4.54. The Labute approximate surface area is 106 Å². The van der Waals surface area contributed by atoms with Crippen molar-refractivity contribution in [2.24, 2.45) is 4.99 Å². The van der Waals surface area contributed by atoms with E-state index in [1.165, 1.54) is 0 Å². The highest BCUT2D eigenvalue weighted by molar-refractivity contribution is 7.99. The average molecular weight is 248 g/mol. The van der Waals surface area contributed by atoms with Crippen LogP contribution in [0.2, 0.25) is 0 Å². The van der Waals surface area contributed by atoms with E-state index in [-0.39, 0.29) is 6.61 Å². The molecular formula is C13H16N2OS. The van der Waals surface area contributed by atoms with Crippen LogP contribution in [0.25, 0.3) is 0 Å². The quantitative estimate of drug-likeness (QED) is 0.621. The van der Waals surface area contributed by atoms with E-state index in [9.17, 15) is 0 Å². The Bertz CT molecular complexity index is 410. The summed E-state index contributed by atoms with van der Waals surface area (Å²) in [7, 11) is 0. The first-order valence-electron chi connectivity index (χ1n) is 5.21. The molecule has 0 fully saturated rings. The van der Waals surface area contributed by atoms with E-state index in [1.807, 2.05) is 18.4 Å². The van der Waals surface area contributed by atoms with Crippen molar-refractivity contribution < 1.29 is 5.11 Å². The summed E-state index contributed by atoms with van der Waals surface area (Å²) in [6.45, 7) is 3.61. The molecule has 4 heteroatoms. The summed E-state index contributed by atoms with van der Waals surface area (Å²) in [5.41, 5.74) is 2.56. The first kappa shape index (κ1) is 13.7. The van der Waals surface area contributed by atoms with Crippen LogP contribution < -0.4 is 0 Å². The number of aromatic nitrogens is 1. The molecule has 0 spiro atoms. The number of hydrogen-bond acceptors (Lipinski definition) is 4. The van der Waals surface area contributed by atoms with E-state index in [0.29, 0.717) is 0 Å². The summed E-state index contributed by atoms with van der Waals surface area (Å²) in [6, 6.07) is 3.73. The lowest BCUT2D eigenvalue weighted by atomic mass is 10.2. The van der Waals surface area contributed by atoms with Crippen molar-refractivity contribution in [2.45, 2.75) is 6.61 Å². The molecule has 3 nitrogen and oxygen atoms in total. The first-order valence-corrected chi connectivity index (χ1v) is 6.60. The normalized spacial score (nSPS) is 12.0. The third-order valence-electron chi connectivity index (χ3n) is 2.04. The molecule has 1 N–H and O–H groups in total. The van der Waals surface area contributed by atoms with Crippen molar-refractivity contribution in [3.8, 4) is 0 Å². The predicted octanol–water partition coefficient (Wildman–Crippen LogP) is 2.43. The molecule has 90 valence electrons. The van der Waals surface area contributed by atoms with Gasteiger partial charge < -0.3 is 5.11 Å². The van der Waals surface area contributed by atoms with Crippen LogP contribution in [0.3, 0.4) is 0 Å². The number of thioether (sulfide) groups is 1. The van der Waals surface area contributed by atoms with Gasteiger partial charge in [0, 0.05) is 18.1 Å². The van der Waals surface area contributed by atoms with Gasteiger partial charge in [-0.1, -0.05) is 18.7 Å². The Morgan fingerprint density at radius 2 is 2.41 bits per heavy atom. The van der Waals surface area contributed by atoms with Crippen LogP contribution in [-0.4, -0.2) is 27.8 Å². The second-order valence-electron chi connectivity index (χ2n) is 3.30. The Morgan fingerprint density at radius 1 is 1.59 bits per heavy atom. The highest BCUT2D eigenvalue weighted by Gasteiger charge is 2.03. The van der Waals surface area contributed by atoms with E-state index in [2.05, 4.69) is 16.6 Å². The van der Waals surface area contributed by atoms with Crippen molar-refractivity contribution in [2.75, 3.05) is 12.0 Å². The molecule has 1 heterocycles. The van der Waals surface area contributed by atoms with Gasteiger partial charge in [-0.2, -0.15) is 11.8 Å². The van der Waals surface area contributed by atoms with Crippen molar-refractivity contribution in [1.82, 2.24) is 4.98 Å². The number of pyridine rings is 1. The van der Waals surface area contributed by atoms with E-state index in [1.54, 1.807) is 36.3 Å². The Balaban J connectivity index is 2.92. The molecule has 1 aromatic heterocycles. The molecule has 1 aromatic rings. The van der Waals surface area contributed by atoms with Gasteiger partial charge in [0.15, 0.2) is 0 Å². The number of nitrogens with zero attached hydrogens (tertiary/aromatic N) is 2. The lowest BCUT2D eigenvalue weighted by molar-refractivity contribution is 0.281. The lowest BCUT2D eigenvalue weighted by Gasteiger charge is -2.03. The highest BCUT2D eigenvalue weighted by Crippen LogP contribution is 2.06. The van der Waals surface area contributed by atoms with Crippen LogP contribution in [0.4, 0.5) is 0 Å². The Kier molecular flexibility index (Phi) is 6.29. The first-order chi connectivity index (χ1) is 8.31. The van der Waals surface area contributed by atoms with Gasteiger partial charge in [-0.05, 0) is 24.0 Å². The van der Waals surface area contributed by atoms with E-state index >= 15 is 0 Å². The van der Waals surface area contributed by atoms with Gasteiger partial charge in [0.25, 0.3) is 0 Å². The van der Waals surface area contributed by atoms with Crippen LogP contribution in [-0.2, 0) is 6.61 Å². The van der Waals surface area contributed by atoms with Crippen molar-refractivity contribution in [1.29, 1.82) is 0 Å². The zero-order chi connectivity index (χ0) is 12.5. The van der Waals surface area contributed by atoms with Crippen LogP contribution in [0, 0.1) is 0 Å². The van der Waals surface area contributed by atoms with E-state index in [4.69, 9.17) is 5.11 Å². The fourth-order valence-corrected chi connectivity index (χ4v) is 1.69. The molecule has 17 heavy (non-hydrogen) atoms. The summed E-state index contributed by atoms with van der Waals surface area (Å²) in [6.07, 6.45) is 8.86. The maximum Gasteiger partial charge on any atom is 0.0853 e. The summed E-state index contributed by atoms with van der Waals surface area (Å²) in [5.74, 6) is 0.799. The van der Waals surface area contributed by atoms with Crippen molar-refractivity contribution in [3.63, 3.8) is 0 Å². The molecule has 0 radical (unpaired) electrons. The minimum absolute atomic E-state index is 0.0126. The van der Waals surface area contributed by atoms with E-state index in [0.717, 1.165) is 22.7 Å². The number of aliphatic hydroxyl groups is 1. The molecule has 0 aliphatic rings. The zero-order valence-corrected chi connectivity index (χ0v) is 10.7. The number of hydrogen-bond donors (Lipinski definition) is 1. The minimum atomic E-state index is 0.0126. The lowest BCUT2D eigenvalue weighted by Crippen LogP contribution is -2.06. The number of aliphatic hydroxyl groups excluding tert-OH is 1. The average Bonchev–Trinajstić information content (AvgIpc) is 2.38. The monoisotopic (exact) mass is 248 g/mol. The summed E-state index contributed by atoms with van der Waals surface area (Å²) in [4.78, 5) is 8.63. The molecule has 0 saturated carbocycles. The van der Waals surface area contributed by atoms with Gasteiger partial charge >= 0.3 is 0 Å². The molecule has 0 aliphatic heterocycles. The fourth-order valence-electron chi connectivity index (χ4n) is 1.20. The van der Waals surface area contributed by atoms with Gasteiger partial charge in [-0.3, -0.25) is 9.98 Å². The van der Waals surface area contributed by atoms with Crippen LogP contribution in [0.15, 0.2) is 48.3 Å². The molecular weight excluding hydrogens is 232 g/mol.